The Morgan fingerprint density at radius 1 is 1.42 bits per heavy atom. The van der Waals surface area contributed by atoms with Gasteiger partial charge >= 0.3 is 5.97 Å². The standard InChI is InChI=1S/C17H20N4O4S/c1-11-4-3-5-13(8-11)25-16(22)12-6-7-15(14(9-12)21(23)24)26-17-19-18-10-20(17)2/h6-7,9-11,13H,3-5,8H2,1-2H3. The summed E-state index contributed by atoms with van der Waals surface area (Å²) in [5.74, 6) is 0.0171. The van der Waals surface area contributed by atoms with Crippen molar-refractivity contribution in [2.45, 2.75) is 48.8 Å². The van der Waals surface area contributed by atoms with E-state index in [9.17, 15) is 14.9 Å². The Kier molecular flexibility index (Phi) is 5.55. The minimum absolute atomic E-state index is 0.113. The number of aromatic nitrogens is 3. The summed E-state index contributed by atoms with van der Waals surface area (Å²) in [7, 11) is 1.76. The maximum Gasteiger partial charge on any atom is 0.338 e. The van der Waals surface area contributed by atoms with Gasteiger partial charge in [0.05, 0.1) is 15.4 Å². The van der Waals surface area contributed by atoms with E-state index in [1.165, 1.54) is 12.4 Å². The second kappa shape index (κ2) is 7.86. The molecule has 0 spiro atoms. The van der Waals surface area contributed by atoms with Crippen molar-refractivity contribution in [1.29, 1.82) is 0 Å². The lowest BCUT2D eigenvalue weighted by atomic mass is 9.89. The van der Waals surface area contributed by atoms with Crippen LogP contribution in [0.5, 0.6) is 0 Å². The first-order chi connectivity index (χ1) is 12.4. The van der Waals surface area contributed by atoms with Crippen LogP contribution in [0.1, 0.15) is 43.0 Å². The summed E-state index contributed by atoms with van der Waals surface area (Å²) in [5, 5.41) is 19.6. The van der Waals surface area contributed by atoms with E-state index in [0.29, 0.717) is 16.0 Å². The van der Waals surface area contributed by atoms with Gasteiger partial charge in [0.2, 0.25) is 0 Å². The summed E-state index contributed by atoms with van der Waals surface area (Å²) < 4.78 is 7.22. The number of nitro benzene ring substituents is 1. The molecule has 8 nitrogen and oxygen atoms in total. The van der Waals surface area contributed by atoms with Crippen LogP contribution in [-0.4, -0.2) is 31.8 Å². The molecule has 2 unspecified atom stereocenters. The first kappa shape index (κ1) is 18.4. The molecule has 0 saturated heterocycles. The number of aryl methyl sites for hydroxylation is 1. The highest BCUT2D eigenvalue weighted by atomic mass is 32.2. The molecule has 0 amide bonds. The number of ether oxygens (including phenoxy) is 1. The normalized spacial score (nSPS) is 19.9. The van der Waals surface area contributed by atoms with Gasteiger partial charge in [0.15, 0.2) is 5.16 Å². The molecule has 9 heteroatoms. The van der Waals surface area contributed by atoms with Gasteiger partial charge in [0.25, 0.3) is 5.69 Å². The molecular weight excluding hydrogens is 356 g/mol. The quantitative estimate of drug-likeness (QED) is 0.446. The SMILES string of the molecule is CC1CCCC(OC(=O)c2ccc(Sc3nncn3C)c([N+](=O)[O-])c2)C1. The minimum atomic E-state index is -0.512. The largest absolute Gasteiger partial charge is 0.459 e. The maximum absolute atomic E-state index is 12.4. The summed E-state index contributed by atoms with van der Waals surface area (Å²) in [6.07, 6.45) is 5.27. The minimum Gasteiger partial charge on any atom is -0.459 e. The zero-order valence-electron chi connectivity index (χ0n) is 14.6. The topological polar surface area (TPSA) is 100 Å². The highest BCUT2D eigenvalue weighted by molar-refractivity contribution is 7.99. The van der Waals surface area contributed by atoms with E-state index < -0.39 is 10.9 Å². The molecule has 0 N–H and O–H groups in total. The van der Waals surface area contributed by atoms with Crippen LogP contribution in [-0.2, 0) is 11.8 Å². The number of esters is 1. The number of benzene rings is 1. The predicted molar refractivity (Wildman–Crippen MR) is 95.1 cm³/mol. The molecule has 1 aliphatic rings. The van der Waals surface area contributed by atoms with Crippen LogP contribution in [0.3, 0.4) is 0 Å². The van der Waals surface area contributed by atoms with Crippen LogP contribution in [0.15, 0.2) is 34.6 Å². The number of carbonyl (C=O) groups excluding carboxylic acids is 1. The van der Waals surface area contributed by atoms with Gasteiger partial charge in [-0.05, 0) is 49.1 Å². The van der Waals surface area contributed by atoms with E-state index in [1.807, 2.05) is 0 Å². The molecule has 0 radical (unpaired) electrons. The van der Waals surface area contributed by atoms with Gasteiger partial charge in [-0.25, -0.2) is 4.79 Å². The fourth-order valence-corrected chi connectivity index (χ4v) is 3.89. The Hall–Kier alpha value is -2.42. The molecule has 1 aromatic carbocycles. The van der Waals surface area contributed by atoms with Crippen LogP contribution in [0, 0.1) is 16.0 Å². The van der Waals surface area contributed by atoms with E-state index in [-0.39, 0.29) is 17.4 Å². The van der Waals surface area contributed by atoms with Gasteiger partial charge in [-0.1, -0.05) is 13.3 Å². The third-order valence-electron chi connectivity index (χ3n) is 4.42. The molecule has 1 saturated carbocycles. The molecule has 0 bridgehead atoms. The molecule has 3 rings (SSSR count). The molecule has 2 atom stereocenters. The number of carbonyl (C=O) groups is 1. The zero-order chi connectivity index (χ0) is 18.7. The highest BCUT2D eigenvalue weighted by Crippen LogP contribution is 2.34. The van der Waals surface area contributed by atoms with Gasteiger partial charge in [-0.15, -0.1) is 10.2 Å². The van der Waals surface area contributed by atoms with Gasteiger partial charge in [-0.3, -0.25) is 10.1 Å². The number of nitrogens with zero attached hydrogens (tertiary/aromatic N) is 4. The summed E-state index contributed by atoms with van der Waals surface area (Å²) in [4.78, 5) is 23.7. The molecule has 26 heavy (non-hydrogen) atoms. The highest BCUT2D eigenvalue weighted by Gasteiger charge is 2.25. The fourth-order valence-electron chi connectivity index (χ4n) is 3.04. The summed E-state index contributed by atoms with van der Waals surface area (Å²) in [5.41, 5.74) is 0.0432. The van der Waals surface area contributed by atoms with Crippen molar-refractivity contribution in [2.24, 2.45) is 13.0 Å². The van der Waals surface area contributed by atoms with E-state index in [1.54, 1.807) is 23.7 Å². The van der Waals surface area contributed by atoms with Crippen LogP contribution in [0.2, 0.25) is 0 Å². The van der Waals surface area contributed by atoms with Crippen molar-refractivity contribution >= 4 is 23.4 Å². The Morgan fingerprint density at radius 3 is 2.88 bits per heavy atom. The Labute approximate surface area is 155 Å². The lowest BCUT2D eigenvalue weighted by Crippen LogP contribution is -2.24. The first-order valence-electron chi connectivity index (χ1n) is 8.45. The fraction of sp³-hybridized carbons (Fsp3) is 0.471. The van der Waals surface area contributed by atoms with Crippen molar-refractivity contribution in [3.63, 3.8) is 0 Å². The van der Waals surface area contributed by atoms with Crippen LogP contribution in [0.4, 0.5) is 5.69 Å². The van der Waals surface area contributed by atoms with E-state index in [4.69, 9.17) is 4.74 Å². The van der Waals surface area contributed by atoms with Crippen LogP contribution in [0.25, 0.3) is 0 Å². The lowest BCUT2D eigenvalue weighted by molar-refractivity contribution is -0.387. The van der Waals surface area contributed by atoms with Crippen LogP contribution < -0.4 is 0 Å². The monoisotopic (exact) mass is 376 g/mol. The Balaban J connectivity index is 1.78. The molecule has 138 valence electrons. The molecular formula is C17H20N4O4S. The van der Waals surface area contributed by atoms with Gasteiger partial charge < -0.3 is 9.30 Å². The van der Waals surface area contributed by atoms with E-state index >= 15 is 0 Å². The van der Waals surface area contributed by atoms with Crippen molar-refractivity contribution in [2.75, 3.05) is 0 Å². The Bertz CT molecular complexity index is 823. The number of rotatable bonds is 5. The predicted octanol–water partition coefficient (Wildman–Crippen LogP) is 3.61. The molecule has 1 heterocycles. The second-order valence-corrected chi connectivity index (χ2v) is 7.57. The lowest BCUT2D eigenvalue weighted by Gasteiger charge is -2.26. The molecule has 1 fully saturated rings. The average Bonchev–Trinajstić information content (AvgIpc) is 3.00. The average molecular weight is 376 g/mol. The summed E-state index contributed by atoms with van der Waals surface area (Å²) >= 11 is 1.13. The van der Waals surface area contributed by atoms with E-state index in [2.05, 4.69) is 17.1 Å². The third-order valence-corrected chi connectivity index (χ3v) is 5.54. The van der Waals surface area contributed by atoms with Crippen molar-refractivity contribution < 1.29 is 14.5 Å². The Morgan fingerprint density at radius 2 is 2.23 bits per heavy atom. The summed E-state index contributed by atoms with van der Waals surface area (Å²) in [6, 6.07) is 4.38. The number of nitro groups is 1. The molecule has 1 aromatic heterocycles. The zero-order valence-corrected chi connectivity index (χ0v) is 15.4. The van der Waals surface area contributed by atoms with E-state index in [0.717, 1.165) is 37.4 Å². The molecule has 1 aliphatic carbocycles. The van der Waals surface area contributed by atoms with Crippen molar-refractivity contribution in [1.82, 2.24) is 14.8 Å². The van der Waals surface area contributed by atoms with Crippen molar-refractivity contribution in [3.8, 4) is 0 Å². The van der Waals surface area contributed by atoms with Gasteiger partial charge in [-0.2, -0.15) is 0 Å². The maximum atomic E-state index is 12.4. The second-order valence-electron chi connectivity index (χ2n) is 6.57. The number of hydrogen-bond acceptors (Lipinski definition) is 7. The molecule has 2 aromatic rings. The van der Waals surface area contributed by atoms with Gasteiger partial charge in [0.1, 0.15) is 12.4 Å². The third kappa shape index (κ3) is 4.21. The smallest absolute Gasteiger partial charge is 0.338 e. The first-order valence-corrected chi connectivity index (χ1v) is 9.27. The van der Waals surface area contributed by atoms with Crippen molar-refractivity contribution in [3.05, 3.63) is 40.2 Å². The van der Waals surface area contributed by atoms with Crippen LogP contribution >= 0.6 is 11.8 Å². The molecule has 0 aliphatic heterocycles. The van der Waals surface area contributed by atoms with Gasteiger partial charge in [0, 0.05) is 13.1 Å². The summed E-state index contributed by atoms with van der Waals surface area (Å²) in [6.45, 7) is 2.14. The number of hydrogen-bond donors (Lipinski definition) is 0.